The maximum atomic E-state index is 5.24. The molecule has 3 aromatic heterocycles. The molecule has 10 rings (SSSR count). The average Bonchev–Trinajstić information content (AvgIpc) is 3.74. The number of hydrogen-bond donors (Lipinski definition) is 0. The number of hydrogen-bond acceptors (Lipinski definition) is 4. The molecule has 0 bridgehead atoms. The van der Waals surface area contributed by atoms with E-state index in [-0.39, 0.29) is 0 Å². The Hall–Kier alpha value is -6.43. The predicted molar refractivity (Wildman–Crippen MR) is 209 cm³/mol. The standard InChI is InChI=1S/C45H28N4S/c1-4-13-29(14-5-1)31-24-26-40-37(27-31)42-35(20-12-22-41(42)50-40)45-47-43(30-15-6-2-7-16-30)46-44(48-45)32-23-25-39-36(28-32)34-19-10-11-21-38(34)49(39)33-17-8-3-9-18-33/h1-28H. The van der Waals surface area contributed by atoms with Gasteiger partial charge in [-0.15, -0.1) is 11.3 Å². The molecule has 0 aliphatic rings. The monoisotopic (exact) mass is 656 g/mol. The minimum Gasteiger partial charge on any atom is -0.309 e. The highest BCUT2D eigenvalue weighted by atomic mass is 32.1. The van der Waals surface area contributed by atoms with Crippen LogP contribution in [-0.4, -0.2) is 19.5 Å². The van der Waals surface area contributed by atoms with Gasteiger partial charge in [-0.2, -0.15) is 0 Å². The van der Waals surface area contributed by atoms with Crippen molar-refractivity contribution in [1.29, 1.82) is 0 Å². The summed E-state index contributed by atoms with van der Waals surface area (Å²) < 4.78 is 4.78. The van der Waals surface area contributed by atoms with Crippen LogP contribution in [0.1, 0.15) is 0 Å². The van der Waals surface area contributed by atoms with Crippen molar-refractivity contribution in [3.8, 4) is 51.0 Å². The summed E-state index contributed by atoms with van der Waals surface area (Å²) in [7, 11) is 0. The Morgan fingerprint density at radius 3 is 1.80 bits per heavy atom. The van der Waals surface area contributed by atoms with E-state index in [2.05, 4.69) is 156 Å². The number of rotatable bonds is 5. The molecule has 234 valence electrons. The average molecular weight is 657 g/mol. The molecule has 0 aliphatic carbocycles. The van der Waals surface area contributed by atoms with E-state index >= 15 is 0 Å². The Morgan fingerprint density at radius 2 is 1.00 bits per heavy atom. The fraction of sp³-hybridized carbons (Fsp3) is 0. The van der Waals surface area contributed by atoms with Gasteiger partial charge in [-0.05, 0) is 65.7 Å². The summed E-state index contributed by atoms with van der Waals surface area (Å²) in [6.07, 6.45) is 0. The van der Waals surface area contributed by atoms with Crippen LogP contribution in [0.3, 0.4) is 0 Å². The van der Waals surface area contributed by atoms with Gasteiger partial charge in [0.15, 0.2) is 17.5 Å². The summed E-state index contributed by atoms with van der Waals surface area (Å²) in [5.41, 5.74) is 8.73. The molecule has 0 radical (unpaired) electrons. The molecule has 0 spiro atoms. The van der Waals surface area contributed by atoms with Gasteiger partial charge >= 0.3 is 0 Å². The van der Waals surface area contributed by atoms with Gasteiger partial charge in [0.1, 0.15) is 0 Å². The molecule has 50 heavy (non-hydrogen) atoms. The van der Waals surface area contributed by atoms with Crippen LogP contribution in [0.25, 0.3) is 93.0 Å². The minimum atomic E-state index is 0.647. The lowest BCUT2D eigenvalue weighted by Crippen LogP contribution is -2.00. The van der Waals surface area contributed by atoms with Gasteiger partial charge in [-0.3, -0.25) is 0 Å². The quantitative estimate of drug-likeness (QED) is 0.185. The van der Waals surface area contributed by atoms with E-state index in [1.165, 1.54) is 36.7 Å². The van der Waals surface area contributed by atoms with Crippen LogP contribution in [0, 0.1) is 0 Å². The second-order valence-corrected chi connectivity index (χ2v) is 13.5. The highest BCUT2D eigenvalue weighted by Crippen LogP contribution is 2.42. The van der Waals surface area contributed by atoms with E-state index in [1.807, 2.05) is 18.2 Å². The van der Waals surface area contributed by atoms with Crippen LogP contribution in [0.4, 0.5) is 0 Å². The molecular weight excluding hydrogens is 629 g/mol. The minimum absolute atomic E-state index is 0.647. The summed E-state index contributed by atoms with van der Waals surface area (Å²) in [4.78, 5) is 15.5. The first-order valence-electron chi connectivity index (χ1n) is 16.7. The second kappa shape index (κ2) is 11.6. The zero-order chi connectivity index (χ0) is 33.0. The molecule has 0 fully saturated rings. The number of nitrogens with zero attached hydrogens (tertiary/aromatic N) is 4. The largest absolute Gasteiger partial charge is 0.309 e. The molecule has 4 nitrogen and oxygen atoms in total. The Morgan fingerprint density at radius 1 is 0.380 bits per heavy atom. The number of para-hydroxylation sites is 2. The van der Waals surface area contributed by atoms with Crippen LogP contribution >= 0.6 is 11.3 Å². The van der Waals surface area contributed by atoms with E-state index in [0.29, 0.717) is 17.5 Å². The molecule has 0 amide bonds. The highest BCUT2D eigenvalue weighted by Gasteiger charge is 2.19. The third-order valence-electron chi connectivity index (χ3n) is 9.46. The van der Waals surface area contributed by atoms with Crippen molar-refractivity contribution in [3.05, 3.63) is 170 Å². The molecule has 0 N–H and O–H groups in total. The van der Waals surface area contributed by atoms with Gasteiger partial charge in [-0.1, -0.05) is 115 Å². The van der Waals surface area contributed by atoms with Crippen molar-refractivity contribution >= 4 is 53.3 Å². The van der Waals surface area contributed by atoms with E-state index < -0.39 is 0 Å². The third-order valence-corrected chi connectivity index (χ3v) is 10.6. The molecule has 3 heterocycles. The number of fused-ring (bicyclic) bond motifs is 6. The van der Waals surface area contributed by atoms with Crippen molar-refractivity contribution in [2.24, 2.45) is 0 Å². The van der Waals surface area contributed by atoms with Crippen molar-refractivity contribution in [1.82, 2.24) is 19.5 Å². The van der Waals surface area contributed by atoms with Gasteiger partial charge in [0.25, 0.3) is 0 Å². The first kappa shape index (κ1) is 28.6. The fourth-order valence-corrected chi connectivity index (χ4v) is 8.24. The smallest absolute Gasteiger partial charge is 0.164 e. The lowest BCUT2D eigenvalue weighted by molar-refractivity contribution is 1.08. The van der Waals surface area contributed by atoms with Crippen molar-refractivity contribution < 1.29 is 0 Å². The molecule has 5 heteroatoms. The number of benzene rings is 7. The zero-order valence-corrected chi connectivity index (χ0v) is 27.7. The molecule has 7 aromatic carbocycles. The Kier molecular flexibility index (Phi) is 6.64. The SMILES string of the molecule is c1ccc(-c2ccc3sc4cccc(-c5nc(-c6ccccc6)nc(-c6ccc7c(c6)c6ccccc6n7-c6ccccc6)n5)c4c3c2)cc1. The van der Waals surface area contributed by atoms with E-state index in [9.17, 15) is 0 Å². The molecular formula is C45H28N4S. The number of thiophene rings is 1. The Bertz CT molecular complexity index is 2860. The van der Waals surface area contributed by atoms with Gasteiger partial charge in [0.05, 0.1) is 11.0 Å². The van der Waals surface area contributed by atoms with Crippen LogP contribution in [0.2, 0.25) is 0 Å². The fourth-order valence-electron chi connectivity index (χ4n) is 7.13. The Balaban J connectivity index is 1.20. The third kappa shape index (κ3) is 4.71. The zero-order valence-electron chi connectivity index (χ0n) is 26.9. The van der Waals surface area contributed by atoms with Crippen molar-refractivity contribution in [2.45, 2.75) is 0 Å². The summed E-state index contributed by atoms with van der Waals surface area (Å²) in [5, 5.41) is 4.72. The topological polar surface area (TPSA) is 43.6 Å². The van der Waals surface area contributed by atoms with E-state index in [4.69, 9.17) is 15.0 Å². The predicted octanol–water partition coefficient (Wildman–Crippen LogP) is 12.0. The summed E-state index contributed by atoms with van der Waals surface area (Å²) in [6, 6.07) is 59.7. The molecule has 0 saturated carbocycles. The lowest BCUT2D eigenvalue weighted by atomic mass is 10.0. The van der Waals surface area contributed by atoms with Gasteiger partial charge in [0, 0.05) is 53.3 Å². The van der Waals surface area contributed by atoms with Crippen LogP contribution in [0.15, 0.2) is 170 Å². The Labute approximate surface area is 292 Å². The summed E-state index contributed by atoms with van der Waals surface area (Å²) >= 11 is 1.81. The molecule has 10 aromatic rings. The van der Waals surface area contributed by atoms with E-state index in [0.717, 1.165) is 38.8 Å². The van der Waals surface area contributed by atoms with E-state index in [1.54, 1.807) is 11.3 Å². The molecule has 0 atom stereocenters. The summed E-state index contributed by atoms with van der Waals surface area (Å²) in [6.45, 7) is 0. The maximum Gasteiger partial charge on any atom is 0.164 e. The summed E-state index contributed by atoms with van der Waals surface area (Å²) in [5.74, 6) is 1.96. The van der Waals surface area contributed by atoms with Crippen LogP contribution in [0.5, 0.6) is 0 Å². The molecule has 0 saturated heterocycles. The first-order chi connectivity index (χ1) is 24.8. The van der Waals surface area contributed by atoms with Gasteiger partial charge in [0.2, 0.25) is 0 Å². The molecule has 0 aliphatic heterocycles. The number of aromatic nitrogens is 4. The lowest BCUT2D eigenvalue weighted by Gasteiger charge is -2.10. The van der Waals surface area contributed by atoms with Gasteiger partial charge < -0.3 is 4.57 Å². The highest BCUT2D eigenvalue weighted by molar-refractivity contribution is 7.26. The first-order valence-corrected chi connectivity index (χ1v) is 17.5. The normalized spacial score (nSPS) is 11.6. The van der Waals surface area contributed by atoms with Crippen molar-refractivity contribution in [3.63, 3.8) is 0 Å². The van der Waals surface area contributed by atoms with Crippen LogP contribution in [-0.2, 0) is 0 Å². The maximum absolute atomic E-state index is 5.24. The van der Waals surface area contributed by atoms with Crippen molar-refractivity contribution in [2.75, 3.05) is 0 Å². The second-order valence-electron chi connectivity index (χ2n) is 12.5. The molecule has 0 unspecified atom stereocenters. The van der Waals surface area contributed by atoms with Crippen LogP contribution < -0.4 is 0 Å². The van der Waals surface area contributed by atoms with Gasteiger partial charge in [-0.25, -0.2) is 15.0 Å².